The Balaban J connectivity index is 0.00000264. The van der Waals surface area contributed by atoms with Crippen LogP contribution in [0.1, 0.15) is 30.0 Å². The molecule has 1 fully saturated rings. The molecular formula is C16H22Cl2F4N2. The van der Waals surface area contributed by atoms with Gasteiger partial charge < -0.3 is 5.32 Å². The fourth-order valence-corrected chi connectivity index (χ4v) is 2.80. The van der Waals surface area contributed by atoms with Crippen molar-refractivity contribution in [3.05, 3.63) is 47.8 Å². The normalized spacial score (nSPS) is 16.7. The van der Waals surface area contributed by atoms with Gasteiger partial charge in [0.25, 0.3) is 0 Å². The maximum Gasteiger partial charge on any atom is 0.419 e. The lowest BCUT2D eigenvalue weighted by molar-refractivity contribution is -0.140. The van der Waals surface area contributed by atoms with Crippen LogP contribution in [0.25, 0.3) is 0 Å². The summed E-state index contributed by atoms with van der Waals surface area (Å²) in [6.45, 7) is 6.81. The molecule has 0 aromatic heterocycles. The van der Waals surface area contributed by atoms with Gasteiger partial charge in [0.15, 0.2) is 0 Å². The van der Waals surface area contributed by atoms with E-state index in [1.54, 1.807) is 6.08 Å². The molecule has 1 saturated heterocycles. The zero-order chi connectivity index (χ0) is 16.2. The first kappa shape index (κ1) is 23.2. The van der Waals surface area contributed by atoms with Gasteiger partial charge in [-0.25, -0.2) is 4.39 Å². The Kier molecular flexibility index (Phi) is 9.88. The van der Waals surface area contributed by atoms with Crippen molar-refractivity contribution in [2.45, 2.75) is 25.1 Å². The first-order chi connectivity index (χ1) is 10.4. The van der Waals surface area contributed by atoms with Crippen molar-refractivity contribution in [2.24, 2.45) is 0 Å². The summed E-state index contributed by atoms with van der Waals surface area (Å²) in [5.74, 6) is -1.22. The second-order valence-corrected chi connectivity index (χ2v) is 5.40. The van der Waals surface area contributed by atoms with E-state index in [0.717, 1.165) is 38.3 Å². The Morgan fingerprint density at radius 2 is 1.83 bits per heavy atom. The Hall–Kier alpha value is -0.820. The number of benzene rings is 1. The van der Waals surface area contributed by atoms with E-state index in [4.69, 9.17) is 0 Å². The van der Waals surface area contributed by atoms with E-state index in [-0.39, 0.29) is 30.9 Å². The summed E-state index contributed by atoms with van der Waals surface area (Å²) in [5, 5.41) is 3.22. The number of piperazine rings is 1. The van der Waals surface area contributed by atoms with Gasteiger partial charge in [0.2, 0.25) is 0 Å². The van der Waals surface area contributed by atoms with Crippen LogP contribution in [0.4, 0.5) is 17.6 Å². The van der Waals surface area contributed by atoms with Crippen molar-refractivity contribution in [1.29, 1.82) is 0 Å². The van der Waals surface area contributed by atoms with Gasteiger partial charge in [0.1, 0.15) is 5.82 Å². The van der Waals surface area contributed by atoms with Gasteiger partial charge in [-0.3, -0.25) is 4.90 Å². The fourth-order valence-electron chi connectivity index (χ4n) is 2.80. The fraction of sp³-hybridized carbons (Fsp3) is 0.500. The van der Waals surface area contributed by atoms with Gasteiger partial charge in [-0.1, -0.05) is 12.1 Å². The van der Waals surface area contributed by atoms with E-state index in [0.29, 0.717) is 18.4 Å². The number of alkyl halides is 3. The Bertz CT molecular complexity index is 517. The maximum absolute atomic E-state index is 13.5. The average Bonchev–Trinajstić information content (AvgIpc) is 2.49. The molecule has 0 amide bonds. The van der Waals surface area contributed by atoms with Crippen LogP contribution in [0, 0.1) is 5.82 Å². The highest BCUT2D eigenvalue weighted by atomic mass is 35.5. The molecule has 2 rings (SSSR count). The van der Waals surface area contributed by atoms with Crippen LogP contribution >= 0.6 is 24.8 Å². The van der Waals surface area contributed by atoms with E-state index in [9.17, 15) is 17.6 Å². The minimum absolute atomic E-state index is 0. The highest BCUT2D eigenvalue weighted by Crippen LogP contribution is 2.35. The van der Waals surface area contributed by atoms with Crippen LogP contribution in [0.15, 0.2) is 30.9 Å². The molecule has 0 aliphatic carbocycles. The number of hydrogen-bond acceptors (Lipinski definition) is 2. The van der Waals surface area contributed by atoms with E-state index >= 15 is 0 Å². The number of nitrogens with one attached hydrogen (secondary N) is 1. The summed E-state index contributed by atoms with van der Waals surface area (Å²) >= 11 is 0. The van der Waals surface area contributed by atoms with Gasteiger partial charge in [-0.15, -0.1) is 31.4 Å². The Morgan fingerprint density at radius 3 is 2.38 bits per heavy atom. The van der Waals surface area contributed by atoms with Crippen LogP contribution in [0.3, 0.4) is 0 Å². The number of nitrogens with zero attached hydrogens (tertiary/aromatic N) is 1. The molecule has 0 radical (unpaired) electrons. The van der Waals surface area contributed by atoms with Crippen LogP contribution < -0.4 is 5.32 Å². The average molecular weight is 389 g/mol. The number of hydrogen-bond donors (Lipinski definition) is 1. The second kappa shape index (κ2) is 10.2. The second-order valence-electron chi connectivity index (χ2n) is 5.40. The number of rotatable bonds is 5. The zero-order valence-electron chi connectivity index (χ0n) is 13.1. The maximum atomic E-state index is 13.5. The highest BCUT2D eigenvalue weighted by Gasteiger charge is 2.35. The van der Waals surface area contributed by atoms with Crippen LogP contribution in [0.5, 0.6) is 0 Å². The lowest BCUT2D eigenvalue weighted by Gasteiger charge is -2.35. The quantitative estimate of drug-likeness (QED) is 0.585. The van der Waals surface area contributed by atoms with Crippen LogP contribution in [0.2, 0.25) is 0 Å². The molecular weight excluding hydrogens is 367 g/mol. The van der Waals surface area contributed by atoms with E-state index in [2.05, 4.69) is 16.8 Å². The summed E-state index contributed by atoms with van der Waals surface area (Å²) in [5.41, 5.74) is -0.679. The van der Waals surface area contributed by atoms with Crippen LogP contribution in [-0.4, -0.2) is 31.1 Å². The molecule has 1 heterocycles. The summed E-state index contributed by atoms with van der Waals surface area (Å²) in [4.78, 5) is 2.15. The van der Waals surface area contributed by atoms with Crippen molar-refractivity contribution in [3.8, 4) is 0 Å². The van der Waals surface area contributed by atoms with Gasteiger partial charge in [-0.05, 0) is 30.5 Å². The molecule has 8 heteroatoms. The summed E-state index contributed by atoms with van der Waals surface area (Å²) < 4.78 is 52.2. The smallest absolute Gasteiger partial charge is 0.314 e. The monoisotopic (exact) mass is 388 g/mol. The summed E-state index contributed by atoms with van der Waals surface area (Å²) in [7, 11) is 0. The third-order valence-electron chi connectivity index (χ3n) is 3.92. The van der Waals surface area contributed by atoms with E-state index in [1.807, 2.05) is 0 Å². The lowest BCUT2D eigenvalue weighted by Crippen LogP contribution is -2.45. The molecule has 0 bridgehead atoms. The number of allylic oxidation sites excluding steroid dienone is 1. The minimum atomic E-state index is -4.67. The predicted molar refractivity (Wildman–Crippen MR) is 92.5 cm³/mol. The molecule has 1 aromatic rings. The molecule has 1 atom stereocenters. The van der Waals surface area contributed by atoms with E-state index < -0.39 is 17.6 Å². The van der Waals surface area contributed by atoms with Crippen molar-refractivity contribution in [1.82, 2.24) is 10.2 Å². The number of halogens is 6. The Morgan fingerprint density at radius 1 is 1.21 bits per heavy atom. The molecule has 1 aliphatic heterocycles. The SMILES string of the molecule is C=CCC[C@H](c1ccc(F)c(C(F)(F)F)c1)N1CCNCC1.Cl.Cl. The standard InChI is InChI=1S/C16H20F4N2.2ClH/c1-2-3-4-15(22-9-7-21-8-10-22)12-5-6-14(17)13(11-12)16(18,19)20;;/h2,5-6,11,15,21H,1,3-4,7-10H2;2*1H/t15-;;/m1../s1. The molecule has 138 valence electrons. The molecule has 1 N–H and O–H groups in total. The highest BCUT2D eigenvalue weighted by molar-refractivity contribution is 5.85. The van der Waals surface area contributed by atoms with Gasteiger partial charge in [0.05, 0.1) is 5.56 Å². The molecule has 1 aliphatic rings. The molecule has 0 unspecified atom stereocenters. The largest absolute Gasteiger partial charge is 0.419 e. The first-order valence-corrected chi connectivity index (χ1v) is 7.36. The topological polar surface area (TPSA) is 15.3 Å². The third kappa shape index (κ3) is 5.92. The molecule has 24 heavy (non-hydrogen) atoms. The van der Waals surface area contributed by atoms with Gasteiger partial charge >= 0.3 is 6.18 Å². The molecule has 0 saturated carbocycles. The Labute approximate surface area is 152 Å². The van der Waals surface area contributed by atoms with Gasteiger partial charge in [0, 0.05) is 32.2 Å². The molecule has 2 nitrogen and oxygen atoms in total. The van der Waals surface area contributed by atoms with Crippen molar-refractivity contribution >= 4 is 24.8 Å². The predicted octanol–water partition coefficient (Wildman–Crippen LogP) is 4.60. The minimum Gasteiger partial charge on any atom is -0.314 e. The molecule has 0 spiro atoms. The van der Waals surface area contributed by atoms with Crippen molar-refractivity contribution < 1.29 is 17.6 Å². The molecule has 1 aromatic carbocycles. The summed E-state index contributed by atoms with van der Waals surface area (Å²) in [6.07, 6.45) is -1.55. The van der Waals surface area contributed by atoms with Crippen molar-refractivity contribution in [2.75, 3.05) is 26.2 Å². The summed E-state index contributed by atoms with van der Waals surface area (Å²) in [6, 6.07) is 3.18. The third-order valence-corrected chi connectivity index (χ3v) is 3.92. The van der Waals surface area contributed by atoms with Crippen molar-refractivity contribution in [3.63, 3.8) is 0 Å². The first-order valence-electron chi connectivity index (χ1n) is 7.36. The van der Waals surface area contributed by atoms with Crippen LogP contribution in [-0.2, 0) is 6.18 Å². The zero-order valence-corrected chi connectivity index (χ0v) is 14.7. The lowest BCUT2D eigenvalue weighted by atomic mass is 9.97. The van der Waals surface area contributed by atoms with Gasteiger partial charge in [-0.2, -0.15) is 13.2 Å². The van der Waals surface area contributed by atoms with E-state index in [1.165, 1.54) is 6.07 Å².